The van der Waals surface area contributed by atoms with Crippen LogP contribution in [-0.4, -0.2) is 30.0 Å². The Labute approximate surface area is 135 Å². The van der Waals surface area contributed by atoms with E-state index in [0.717, 1.165) is 30.7 Å². The molecule has 1 aromatic carbocycles. The number of ether oxygens (including phenoxy) is 2. The molecule has 1 heterocycles. The monoisotopic (exact) mass is 315 g/mol. The fraction of sp³-hybridized carbons (Fsp3) is 0.444. The van der Waals surface area contributed by atoms with Gasteiger partial charge in [-0.3, -0.25) is 0 Å². The summed E-state index contributed by atoms with van der Waals surface area (Å²) in [5.74, 6) is 0.369. The van der Waals surface area contributed by atoms with E-state index >= 15 is 0 Å². The molecule has 1 saturated carbocycles. The number of hydrogen-bond acceptors (Lipinski definition) is 5. The first-order chi connectivity index (χ1) is 11.1. The largest absolute Gasteiger partial charge is 0.509 e. The van der Waals surface area contributed by atoms with E-state index < -0.39 is 5.97 Å². The van der Waals surface area contributed by atoms with Crippen molar-refractivity contribution in [2.45, 2.75) is 32.3 Å². The van der Waals surface area contributed by atoms with Gasteiger partial charge in [-0.25, -0.2) is 9.79 Å². The summed E-state index contributed by atoms with van der Waals surface area (Å²) >= 11 is 0. The number of aliphatic hydroxyl groups is 1. The lowest BCUT2D eigenvalue weighted by atomic mass is 9.73. The zero-order valence-electron chi connectivity index (χ0n) is 13.4. The highest BCUT2D eigenvalue weighted by molar-refractivity contribution is 5.96. The van der Waals surface area contributed by atoms with Gasteiger partial charge in [0.05, 0.1) is 13.2 Å². The molecule has 0 saturated heterocycles. The standard InChI is InChI=1S/C18H21NO4/c1-11-15-10-13(23-12-6-4-3-5-7-12)8-9-14(15)17(20)16(19-11)18(21)22-2/h3-7,13-15,20H,8-10H2,1-2H3. The van der Waals surface area contributed by atoms with Gasteiger partial charge < -0.3 is 14.6 Å². The molecule has 0 radical (unpaired) electrons. The number of fused-ring (bicyclic) bond motifs is 1. The first kappa shape index (κ1) is 15.6. The summed E-state index contributed by atoms with van der Waals surface area (Å²) in [7, 11) is 1.30. The van der Waals surface area contributed by atoms with Gasteiger partial charge in [-0.2, -0.15) is 0 Å². The molecule has 5 nitrogen and oxygen atoms in total. The summed E-state index contributed by atoms with van der Waals surface area (Å²) in [5.41, 5.74) is 0.906. The van der Waals surface area contributed by atoms with Crippen LogP contribution in [0, 0.1) is 11.8 Å². The average molecular weight is 315 g/mol. The summed E-state index contributed by atoms with van der Waals surface area (Å²) in [6, 6.07) is 9.75. The van der Waals surface area contributed by atoms with Gasteiger partial charge in [0.25, 0.3) is 0 Å². The third kappa shape index (κ3) is 3.09. The second kappa shape index (κ2) is 6.44. The number of esters is 1. The lowest BCUT2D eigenvalue weighted by molar-refractivity contribution is -0.136. The van der Waals surface area contributed by atoms with Gasteiger partial charge in [0.2, 0.25) is 0 Å². The van der Waals surface area contributed by atoms with Crippen LogP contribution in [-0.2, 0) is 9.53 Å². The van der Waals surface area contributed by atoms with E-state index in [9.17, 15) is 9.90 Å². The maximum absolute atomic E-state index is 11.7. The molecule has 1 aliphatic heterocycles. The van der Waals surface area contributed by atoms with Crippen LogP contribution in [0.25, 0.3) is 0 Å². The van der Waals surface area contributed by atoms with Crippen LogP contribution in [0.15, 0.2) is 46.8 Å². The number of carbonyl (C=O) groups excluding carboxylic acids is 1. The molecule has 1 fully saturated rings. The highest BCUT2D eigenvalue weighted by Crippen LogP contribution is 2.40. The molecule has 0 spiro atoms. The second-order valence-corrected chi connectivity index (χ2v) is 6.06. The Hall–Kier alpha value is -2.30. The van der Waals surface area contributed by atoms with E-state index in [1.807, 2.05) is 37.3 Å². The normalized spacial score (nSPS) is 27.0. The van der Waals surface area contributed by atoms with Crippen LogP contribution >= 0.6 is 0 Å². The number of para-hydroxylation sites is 1. The van der Waals surface area contributed by atoms with E-state index in [1.165, 1.54) is 7.11 Å². The topological polar surface area (TPSA) is 68.1 Å². The summed E-state index contributed by atoms with van der Waals surface area (Å²) in [6.07, 6.45) is 2.48. The number of aliphatic imine (C=N–C) groups is 1. The lowest BCUT2D eigenvalue weighted by Crippen LogP contribution is -2.38. The highest BCUT2D eigenvalue weighted by Gasteiger charge is 2.40. The van der Waals surface area contributed by atoms with E-state index in [0.29, 0.717) is 0 Å². The number of rotatable bonds is 3. The molecule has 2 aliphatic rings. The minimum atomic E-state index is -0.581. The van der Waals surface area contributed by atoms with Gasteiger partial charge in [-0.05, 0) is 38.3 Å². The molecule has 23 heavy (non-hydrogen) atoms. The van der Waals surface area contributed by atoms with Crippen LogP contribution < -0.4 is 4.74 Å². The van der Waals surface area contributed by atoms with Crippen molar-refractivity contribution in [3.63, 3.8) is 0 Å². The lowest BCUT2D eigenvalue weighted by Gasteiger charge is -2.38. The predicted octanol–water partition coefficient (Wildman–Crippen LogP) is 3.27. The van der Waals surface area contributed by atoms with Crippen molar-refractivity contribution >= 4 is 11.7 Å². The highest BCUT2D eigenvalue weighted by atomic mass is 16.5. The Balaban J connectivity index is 1.75. The van der Waals surface area contributed by atoms with Gasteiger partial charge in [0, 0.05) is 17.5 Å². The molecule has 1 aromatic rings. The zero-order valence-corrected chi connectivity index (χ0v) is 13.4. The molecule has 3 atom stereocenters. The maximum atomic E-state index is 11.7. The van der Waals surface area contributed by atoms with Gasteiger partial charge in [-0.1, -0.05) is 18.2 Å². The SMILES string of the molecule is COC(=O)C1=C(O)C2CCC(Oc3ccccc3)CC2C(C)=N1. The summed E-state index contributed by atoms with van der Waals surface area (Å²) in [6.45, 7) is 1.90. The van der Waals surface area contributed by atoms with E-state index in [1.54, 1.807) is 0 Å². The van der Waals surface area contributed by atoms with Crippen molar-refractivity contribution in [2.24, 2.45) is 16.8 Å². The molecule has 3 rings (SSSR count). The number of hydrogen-bond donors (Lipinski definition) is 1. The van der Waals surface area contributed by atoms with Crippen molar-refractivity contribution in [3.05, 3.63) is 41.8 Å². The molecule has 0 amide bonds. The Bertz CT molecular complexity index is 650. The molecule has 122 valence electrons. The molecule has 5 heteroatoms. The van der Waals surface area contributed by atoms with E-state index in [4.69, 9.17) is 9.47 Å². The minimum absolute atomic E-state index is 0.0497. The van der Waals surface area contributed by atoms with E-state index in [-0.39, 0.29) is 29.4 Å². The van der Waals surface area contributed by atoms with Gasteiger partial charge >= 0.3 is 5.97 Å². The third-order valence-corrected chi connectivity index (χ3v) is 4.65. The minimum Gasteiger partial charge on any atom is -0.509 e. The number of methoxy groups -OCH3 is 1. The molecule has 0 aromatic heterocycles. The fourth-order valence-electron chi connectivity index (χ4n) is 3.46. The molecular weight excluding hydrogens is 294 g/mol. The van der Waals surface area contributed by atoms with Crippen molar-refractivity contribution in [1.82, 2.24) is 0 Å². The fourth-order valence-corrected chi connectivity index (χ4v) is 3.46. The molecule has 3 unspecified atom stereocenters. The maximum Gasteiger partial charge on any atom is 0.360 e. The van der Waals surface area contributed by atoms with Crippen LogP contribution in [0.2, 0.25) is 0 Å². The van der Waals surface area contributed by atoms with Crippen molar-refractivity contribution in [2.75, 3.05) is 7.11 Å². The Kier molecular flexibility index (Phi) is 4.37. The first-order valence-electron chi connectivity index (χ1n) is 7.88. The smallest absolute Gasteiger partial charge is 0.360 e. The molecular formula is C18H21NO4. The van der Waals surface area contributed by atoms with Crippen LogP contribution in [0.5, 0.6) is 5.75 Å². The summed E-state index contributed by atoms with van der Waals surface area (Å²) in [4.78, 5) is 16.0. The third-order valence-electron chi connectivity index (χ3n) is 4.65. The van der Waals surface area contributed by atoms with Crippen molar-refractivity contribution in [3.8, 4) is 5.75 Å². The number of allylic oxidation sites excluding steroid dienone is 1. The number of aliphatic hydroxyl groups excluding tert-OH is 1. The van der Waals surface area contributed by atoms with Crippen molar-refractivity contribution < 1.29 is 19.4 Å². The molecule has 1 N–H and O–H groups in total. The Morgan fingerprint density at radius 2 is 1.96 bits per heavy atom. The van der Waals surface area contributed by atoms with Crippen LogP contribution in [0.4, 0.5) is 0 Å². The van der Waals surface area contributed by atoms with Gasteiger partial charge in [0.15, 0.2) is 5.70 Å². The zero-order chi connectivity index (χ0) is 16.4. The van der Waals surface area contributed by atoms with Gasteiger partial charge in [-0.15, -0.1) is 0 Å². The number of carbonyl (C=O) groups is 1. The first-order valence-corrected chi connectivity index (χ1v) is 7.88. The van der Waals surface area contributed by atoms with Crippen molar-refractivity contribution in [1.29, 1.82) is 0 Å². The molecule has 0 bridgehead atoms. The Morgan fingerprint density at radius 1 is 1.22 bits per heavy atom. The average Bonchev–Trinajstić information content (AvgIpc) is 2.58. The van der Waals surface area contributed by atoms with Gasteiger partial charge in [0.1, 0.15) is 11.5 Å². The summed E-state index contributed by atoms with van der Waals surface area (Å²) in [5, 5.41) is 10.4. The van der Waals surface area contributed by atoms with Crippen LogP contribution in [0.3, 0.4) is 0 Å². The van der Waals surface area contributed by atoms with Crippen LogP contribution in [0.1, 0.15) is 26.2 Å². The van der Waals surface area contributed by atoms with E-state index in [2.05, 4.69) is 4.99 Å². The Morgan fingerprint density at radius 3 is 2.65 bits per heavy atom. The number of benzene rings is 1. The number of nitrogens with zero attached hydrogens (tertiary/aromatic N) is 1. The quantitative estimate of drug-likeness (QED) is 0.869. The summed E-state index contributed by atoms with van der Waals surface area (Å²) < 4.78 is 10.7. The molecule has 1 aliphatic carbocycles. The predicted molar refractivity (Wildman–Crippen MR) is 86.5 cm³/mol. The second-order valence-electron chi connectivity index (χ2n) is 6.06.